The molecule has 0 radical (unpaired) electrons. The summed E-state index contributed by atoms with van der Waals surface area (Å²) in [6, 6.07) is 18.7. The molecule has 0 fully saturated rings. The summed E-state index contributed by atoms with van der Waals surface area (Å²) in [6.45, 7) is 4.50. The van der Waals surface area contributed by atoms with Crippen LogP contribution in [0.25, 0.3) is 10.8 Å². The summed E-state index contributed by atoms with van der Waals surface area (Å²) in [5.74, 6) is 0.826. The van der Waals surface area contributed by atoms with Crippen LogP contribution < -0.4 is 10.1 Å². The predicted octanol–water partition coefficient (Wildman–Crippen LogP) is 5.15. The summed E-state index contributed by atoms with van der Waals surface area (Å²) in [6.07, 6.45) is 0.0673. The number of anilines is 1. The maximum absolute atomic E-state index is 10.9. The number of nitrogens with one attached hydrogen (secondary N) is 1. The Balaban J connectivity index is 1.94. The number of nitro benzene ring substituents is 1. The van der Waals surface area contributed by atoms with Crippen molar-refractivity contribution in [3.8, 4) is 5.75 Å². The van der Waals surface area contributed by atoms with Gasteiger partial charge in [-0.1, -0.05) is 36.4 Å². The molecule has 1 N–H and O–H groups in total. The molecule has 0 bridgehead atoms. The Kier molecular flexibility index (Phi) is 4.84. The summed E-state index contributed by atoms with van der Waals surface area (Å²) < 4.78 is 5.96. The van der Waals surface area contributed by atoms with Crippen LogP contribution in [-0.4, -0.2) is 11.0 Å². The number of benzene rings is 3. The molecule has 0 spiro atoms. The Morgan fingerprint density at radius 1 is 1.08 bits per heavy atom. The van der Waals surface area contributed by atoms with Crippen LogP contribution in [-0.2, 0) is 6.54 Å². The molecule has 0 saturated heterocycles. The molecule has 0 aliphatic rings. The molecule has 0 saturated carbocycles. The molecule has 25 heavy (non-hydrogen) atoms. The van der Waals surface area contributed by atoms with Crippen molar-refractivity contribution in [2.75, 3.05) is 5.32 Å². The molecule has 0 atom stereocenters. The summed E-state index contributed by atoms with van der Waals surface area (Å²) in [5.41, 5.74) is 1.82. The number of nitro groups is 1. The van der Waals surface area contributed by atoms with Crippen LogP contribution in [0, 0.1) is 10.1 Å². The van der Waals surface area contributed by atoms with Crippen molar-refractivity contribution < 1.29 is 9.66 Å². The lowest BCUT2D eigenvalue weighted by atomic mass is 10.0. The van der Waals surface area contributed by atoms with Gasteiger partial charge in [0, 0.05) is 29.9 Å². The van der Waals surface area contributed by atoms with Crippen LogP contribution in [0.15, 0.2) is 60.7 Å². The van der Waals surface area contributed by atoms with Crippen LogP contribution in [0.2, 0.25) is 0 Å². The second-order valence-corrected chi connectivity index (χ2v) is 6.09. The third-order valence-corrected chi connectivity index (χ3v) is 3.89. The molecule has 0 aliphatic carbocycles. The minimum Gasteiger partial charge on any atom is -0.491 e. The lowest BCUT2D eigenvalue weighted by molar-refractivity contribution is -0.384. The van der Waals surface area contributed by atoms with Crippen molar-refractivity contribution in [3.05, 3.63) is 76.3 Å². The first-order valence-corrected chi connectivity index (χ1v) is 8.20. The Morgan fingerprint density at radius 2 is 1.88 bits per heavy atom. The van der Waals surface area contributed by atoms with Gasteiger partial charge in [-0.25, -0.2) is 0 Å². The molecular formula is C20H20N2O3. The summed E-state index contributed by atoms with van der Waals surface area (Å²) in [4.78, 5) is 10.5. The SMILES string of the molecule is CC(C)Oc1ccc2ccccc2c1CNc1cccc([N+](=O)[O-])c1. The van der Waals surface area contributed by atoms with Gasteiger partial charge in [0.05, 0.1) is 11.0 Å². The second-order valence-electron chi connectivity index (χ2n) is 6.09. The van der Waals surface area contributed by atoms with E-state index in [0.717, 1.165) is 22.1 Å². The zero-order valence-corrected chi connectivity index (χ0v) is 14.2. The fraction of sp³-hybridized carbons (Fsp3) is 0.200. The smallest absolute Gasteiger partial charge is 0.271 e. The van der Waals surface area contributed by atoms with Crippen molar-refractivity contribution in [1.29, 1.82) is 0 Å². The van der Waals surface area contributed by atoms with Crippen molar-refractivity contribution in [2.24, 2.45) is 0 Å². The number of hydrogen-bond acceptors (Lipinski definition) is 4. The van der Waals surface area contributed by atoms with E-state index in [0.29, 0.717) is 12.2 Å². The maximum Gasteiger partial charge on any atom is 0.271 e. The first kappa shape index (κ1) is 16.8. The van der Waals surface area contributed by atoms with Gasteiger partial charge in [0.25, 0.3) is 5.69 Å². The molecule has 3 aromatic carbocycles. The Hall–Kier alpha value is -3.08. The van der Waals surface area contributed by atoms with Gasteiger partial charge in [-0.2, -0.15) is 0 Å². The average Bonchev–Trinajstić information content (AvgIpc) is 2.60. The second kappa shape index (κ2) is 7.21. The van der Waals surface area contributed by atoms with Crippen LogP contribution >= 0.6 is 0 Å². The minimum absolute atomic E-state index is 0.0673. The minimum atomic E-state index is -0.392. The quantitative estimate of drug-likeness (QED) is 0.499. The van der Waals surface area contributed by atoms with E-state index < -0.39 is 4.92 Å². The van der Waals surface area contributed by atoms with Gasteiger partial charge in [-0.05, 0) is 36.8 Å². The highest BCUT2D eigenvalue weighted by Gasteiger charge is 2.11. The standard InChI is InChI=1S/C20H20N2O3/c1-14(2)25-20-11-10-15-6-3-4-9-18(15)19(20)13-21-16-7-5-8-17(12-16)22(23)24/h3-12,14,21H,13H2,1-2H3. The topological polar surface area (TPSA) is 64.4 Å². The van der Waals surface area contributed by atoms with Crippen LogP contribution in [0.1, 0.15) is 19.4 Å². The van der Waals surface area contributed by atoms with Crippen molar-refractivity contribution in [2.45, 2.75) is 26.5 Å². The molecule has 5 nitrogen and oxygen atoms in total. The van der Waals surface area contributed by atoms with Gasteiger partial charge in [0.1, 0.15) is 5.75 Å². The van der Waals surface area contributed by atoms with Gasteiger partial charge >= 0.3 is 0 Å². The number of non-ortho nitro benzene ring substituents is 1. The van der Waals surface area contributed by atoms with Crippen LogP contribution in [0.4, 0.5) is 11.4 Å². The average molecular weight is 336 g/mol. The fourth-order valence-electron chi connectivity index (χ4n) is 2.78. The largest absolute Gasteiger partial charge is 0.491 e. The maximum atomic E-state index is 10.9. The van der Waals surface area contributed by atoms with E-state index in [1.165, 1.54) is 12.1 Å². The van der Waals surface area contributed by atoms with Gasteiger partial charge in [0.2, 0.25) is 0 Å². The Labute approximate surface area is 146 Å². The highest BCUT2D eigenvalue weighted by Crippen LogP contribution is 2.30. The summed E-state index contributed by atoms with van der Waals surface area (Å²) in [5, 5.41) is 16.5. The van der Waals surface area contributed by atoms with Crippen molar-refractivity contribution >= 4 is 22.1 Å². The van der Waals surface area contributed by atoms with E-state index in [1.54, 1.807) is 6.07 Å². The Morgan fingerprint density at radius 3 is 2.64 bits per heavy atom. The molecule has 0 aromatic heterocycles. The summed E-state index contributed by atoms with van der Waals surface area (Å²) in [7, 11) is 0. The first-order valence-electron chi connectivity index (χ1n) is 8.20. The van der Waals surface area contributed by atoms with Crippen LogP contribution in [0.3, 0.4) is 0 Å². The monoisotopic (exact) mass is 336 g/mol. The van der Waals surface area contributed by atoms with Crippen molar-refractivity contribution in [3.63, 3.8) is 0 Å². The summed E-state index contributed by atoms with van der Waals surface area (Å²) >= 11 is 0. The van der Waals surface area contributed by atoms with Gasteiger partial charge < -0.3 is 10.1 Å². The Bertz CT molecular complexity index is 906. The lowest BCUT2D eigenvalue weighted by Gasteiger charge is -2.17. The highest BCUT2D eigenvalue weighted by molar-refractivity contribution is 5.88. The van der Waals surface area contributed by atoms with Gasteiger partial charge in [-0.3, -0.25) is 10.1 Å². The van der Waals surface area contributed by atoms with E-state index >= 15 is 0 Å². The molecule has 128 valence electrons. The zero-order chi connectivity index (χ0) is 17.8. The fourth-order valence-corrected chi connectivity index (χ4v) is 2.78. The first-order chi connectivity index (χ1) is 12.0. The number of hydrogen-bond donors (Lipinski definition) is 1. The third kappa shape index (κ3) is 3.88. The molecular weight excluding hydrogens is 316 g/mol. The van der Waals surface area contributed by atoms with E-state index in [2.05, 4.69) is 17.4 Å². The van der Waals surface area contributed by atoms with Gasteiger partial charge in [-0.15, -0.1) is 0 Å². The van der Waals surface area contributed by atoms with Gasteiger partial charge in [0.15, 0.2) is 0 Å². The number of nitrogens with zero attached hydrogens (tertiary/aromatic N) is 1. The van der Waals surface area contributed by atoms with Crippen molar-refractivity contribution in [1.82, 2.24) is 0 Å². The number of rotatable bonds is 6. The molecule has 3 rings (SSSR count). The molecule has 3 aromatic rings. The van der Waals surface area contributed by atoms with E-state index in [9.17, 15) is 10.1 Å². The highest BCUT2D eigenvalue weighted by atomic mass is 16.6. The lowest BCUT2D eigenvalue weighted by Crippen LogP contribution is -2.10. The number of ether oxygens (including phenoxy) is 1. The predicted molar refractivity (Wildman–Crippen MR) is 100 cm³/mol. The van der Waals surface area contributed by atoms with E-state index in [1.807, 2.05) is 44.2 Å². The molecule has 0 aliphatic heterocycles. The molecule has 0 amide bonds. The molecule has 0 heterocycles. The number of fused-ring (bicyclic) bond motifs is 1. The zero-order valence-electron chi connectivity index (χ0n) is 14.2. The van der Waals surface area contributed by atoms with Crippen LogP contribution in [0.5, 0.6) is 5.75 Å². The van der Waals surface area contributed by atoms with E-state index in [4.69, 9.17) is 4.74 Å². The molecule has 5 heteroatoms. The third-order valence-electron chi connectivity index (χ3n) is 3.89. The normalized spacial score (nSPS) is 10.8. The molecule has 0 unspecified atom stereocenters. The van der Waals surface area contributed by atoms with E-state index in [-0.39, 0.29) is 11.8 Å².